The van der Waals surface area contributed by atoms with Gasteiger partial charge in [0.1, 0.15) is 17.1 Å². The van der Waals surface area contributed by atoms with Crippen LogP contribution in [0.4, 0.5) is 11.8 Å². The third kappa shape index (κ3) is 2.63. The summed E-state index contributed by atoms with van der Waals surface area (Å²) in [4.78, 5) is 12.1. The zero-order valence-electron chi connectivity index (χ0n) is 8.67. The molecular weight excluding hydrogens is 226 g/mol. The first-order chi connectivity index (χ1) is 7.78. The van der Waals surface area contributed by atoms with Gasteiger partial charge in [0.2, 0.25) is 5.95 Å². The predicted octanol–water partition coefficient (Wildman–Crippen LogP) is 1.63. The van der Waals surface area contributed by atoms with Crippen molar-refractivity contribution >= 4 is 23.5 Å². The molecule has 0 atom stereocenters. The van der Waals surface area contributed by atoms with Crippen molar-refractivity contribution in [2.45, 2.75) is 17.2 Å². The highest BCUT2D eigenvalue weighted by Gasteiger charge is 2.06. The summed E-state index contributed by atoms with van der Waals surface area (Å²) in [6.07, 6.45) is 3.09. The highest BCUT2D eigenvalue weighted by Crippen LogP contribution is 2.26. The van der Waals surface area contributed by atoms with Crippen LogP contribution in [-0.4, -0.2) is 21.5 Å². The molecule has 0 aliphatic carbocycles. The maximum atomic E-state index is 5.59. The van der Waals surface area contributed by atoms with Crippen molar-refractivity contribution in [1.29, 1.82) is 0 Å². The molecule has 0 unspecified atom stereocenters. The van der Waals surface area contributed by atoms with E-state index in [1.165, 1.54) is 18.0 Å². The van der Waals surface area contributed by atoms with Crippen LogP contribution in [0.15, 0.2) is 33.2 Å². The fourth-order valence-corrected chi connectivity index (χ4v) is 1.82. The first-order valence-electron chi connectivity index (χ1n) is 4.73. The maximum Gasteiger partial charge on any atom is 0.261 e. The van der Waals surface area contributed by atoms with Crippen molar-refractivity contribution in [2.24, 2.45) is 0 Å². The molecule has 7 heteroatoms. The van der Waals surface area contributed by atoms with E-state index in [0.29, 0.717) is 16.1 Å². The van der Waals surface area contributed by atoms with E-state index in [2.05, 4.69) is 20.3 Å². The normalized spacial score (nSPS) is 10.3. The smallest absolute Gasteiger partial charge is 0.261 e. The second-order valence-electron chi connectivity index (χ2n) is 2.88. The monoisotopic (exact) mass is 237 g/mol. The Kier molecular flexibility index (Phi) is 3.25. The van der Waals surface area contributed by atoms with Gasteiger partial charge in [0.15, 0.2) is 0 Å². The largest absolute Gasteiger partial charge is 0.440 e. The van der Waals surface area contributed by atoms with Crippen molar-refractivity contribution in [1.82, 2.24) is 15.0 Å². The lowest BCUT2D eigenvalue weighted by molar-refractivity contribution is 0.454. The minimum Gasteiger partial charge on any atom is -0.440 e. The van der Waals surface area contributed by atoms with Crippen LogP contribution in [0.3, 0.4) is 0 Å². The average molecular weight is 237 g/mol. The van der Waals surface area contributed by atoms with Gasteiger partial charge in [0.25, 0.3) is 5.22 Å². The molecule has 0 saturated heterocycles. The van der Waals surface area contributed by atoms with E-state index in [4.69, 9.17) is 10.2 Å². The molecule has 0 spiro atoms. The zero-order chi connectivity index (χ0) is 11.4. The van der Waals surface area contributed by atoms with Crippen LogP contribution in [0, 0.1) is 0 Å². The number of aromatic nitrogens is 3. The van der Waals surface area contributed by atoms with E-state index in [0.717, 1.165) is 6.54 Å². The fraction of sp³-hybridized carbons (Fsp3) is 0.222. The standard InChI is InChI=1S/C9H11N5OS/c1-2-11-6-5-7(14-8(10)13-6)16-9-12-3-4-15-9/h3-5H,2H2,1H3,(H3,10,11,13,14). The highest BCUT2D eigenvalue weighted by atomic mass is 32.2. The third-order valence-corrected chi connectivity index (χ3v) is 2.47. The number of nitrogens with zero attached hydrogens (tertiary/aromatic N) is 3. The Balaban J connectivity index is 2.20. The first-order valence-corrected chi connectivity index (χ1v) is 5.55. The zero-order valence-corrected chi connectivity index (χ0v) is 9.49. The number of nitrogen functional groups attached to an aromatic ring is 1. The molecule has 2 rings (SSSR count). The van der Waals surface area contributed by atoms with Crippen molar-refractivity contribution < 1.29 is 4.42 Å². The summed E-state index contributed by atoms with van der Waals surface area (Å²) in [6, 6.07) is 1.80. The molecule has 2 heterocycles. The summed E-state index contributed by atoms with van der Waals surface area (Å²) >= 11 is 1.30. The van der Waals surface area contributed by atoms with Gasteiger partial charge in [-0.1, -0.05) is 0 Å². The minimum absolute atomic E-state index is 0.229. The van der Waals surface area contributed by atoms with Gasteiger partial charge < -0.3 is 15.5 Å². The molecule has 0 aliphatic heterocycles. The Labute approximate surface area is 96.7 Å². The average Bonchev–Trinajstić information content (AvgIpc) is 2.70. The molecular formula is C9H11N5OS. The van der Waals surface area contributed by atoms with Gasteiger partial charge in [-0.15, -0.1) is 0 Å². The van der Waals surface area contributed by atoms with Crippen LogP contribution in [0.25, 0.3) is 0 Å². The second-order valence-corrected chi connectivity index (χ2v) is 3.85. The lowest BCUT2D eigenvalue weighted by Gasteiger charge is -2.04. The van der Waals surface area contributed by atoms with E-state index in [-0.39, 0.29) is 5.95 Å². The van der Waals surface area contributed by atoms with E-state index in [1.807, 2.05) is 6.92 Å². The number of hydrogen-bond acceptors (Lipinski definition) is 7. The predicted molar refractivity (Wildman–Crippen MR) is 61.2 cm³/mol. The van der Waals surface area contributed by atoms with E-state index in [1.54, 1.807) is 12.3 Å². The number of nitrogens with one attached hydrogen (secondary N) is 1. The molecule has 2 aromatic rings. The van der Waals surface area contributed by atoms with Gasteiger partial charge in [0.05, 0.1) is 6.20 Å². The van der Waals surface area contributed by atoms with Crippen molar-refractivity contribution in [2.75, 3.05) is 17.6 Å². The maximum absolute atomic E-state index is 5.59. The summed E-state index contributed by atoms with van der Waals surface area (Å²) in [5.41, 5.74) is 5.59. The topological polar surface area (TPSA) is 89.9 Å². The number of nitrogens with two attached hydrogens (primary N) is 1. The van der Waals surface area contributed by atoms with Gasteiger partial charge >= 0.3 is 0 Å². The summed E-state index contributed by atoms with van der Waals surface area (Å²) < 4.78 is 5.11. The van der Waals surface area contributed by atoms with E-state index < -0.39 is 0 Å². The van der Waals surface area contributed by atoms with Gasteiger partial charge in [-0.2, -0.15) is 4.98 Å². The fourth-order valence-electron chi connectivity index (χ4n) is 1.12. The molecule has 0 aromatic carbocycles. The Morgan fingerprint density at radius 2 is 2.38 bits per heavy atom. The molecule has 0 fully saturated rings. The summed E-state index contributed by atoms with van der Waals surface area (Å²) in [5, 5.41) is 4.30. The Morgan fingerprint density at radius 1 is 1.50 bits per heavy atom. The summed E-state index contributed by atoms with van der Waals surface area (Å²) in [6.45, 7) is 2.76. The molecule has 3 N–H and O–H groups in total. The molecule has 0 saturated carbocycles. The van der Waals surface area contributed by atoms with Crippen LogP contribution in [0.2, 0.25) is 0 Å². The van der Waals surface area contributed by atoms with Crippen molar-refractivity contribution in [3.05, 3.63) is 18.5 Å². The molecule has 0 aliphatic rings. The number of hydrogen-bond donors (Lipinski definition) is 2. The highest BCUT2D eigenvalue weighted by molar-refractivity contribution is 7.99. The van der Waals surface area contributed by atoms with Crippen LogP contribution >= 0.6 is 11.8 Å². The lowest BCUT2D eigenvalue weighted by Crippen LogP contribution is -2.03. The van der Waals surface area contributed by atoms with Gasteiger partial charge in [-0.3, -0.25) is 0 Å². The quantitative estimate of drug-likeness (QED) is 0.781. The minimum atomic E-state index is 0.229. The molecule has 16 heavy (non-hydrogen) atoms. The Morgan fingerprint density at radius 3 is 3.06 bits per heavy atom. The molecule has 0 radical (unpaired) electrons. The molecule has 0 bridgehead atoms. The Hall–Kier alpha value is -1.76. The van der Waals surface area contributed by atoms with Gasteiger partial charge in [-0.25, -0.2) is 9.97 Å². The van der Waals surface area contributed by atoms with Crippen LogP contribution in [-0.2, 0) is 0 Å². The van der Waals surface area contributed by atoms with Crippen LogP contribution in [0.1, 0.15) is 6.92 Å². The van der Waals surface area contributed by atoms with Crippen LogP contribution < -0.4 is 11.1 Å². The number of anilines is 2. The molecule has 0 amide bonds. The molecule has 2 aromatic heterocycles. The Bertz CT molecular complexity index is 459. The lowest BCUT2D eigenvalue weighted by atomic mass is 10.5. The van der Waals surface area contributed by atoms with Crippen LogP contribution in [0.5, 0.6) is 0 Å². The van der Waals surface area contributed by atoms with Gasteiger partial charge in [0, 0.05) is 12.6 Å². The first kappa shape index (κ1) is 10.7. The third-order valence-electron chi connectivity index (χ3n) is 1.68. The number of oxazole rings is 1. The van der Waals surface area contributed by atoms with Crippen molar-refractivity contribution in [3.8, 4) is 0 Å². The summed E-state index contributed by atoms with van der Waals surface area (Å²) in [5.74, 6) is 0.927. The van der Waals surface area contributed by atoms with Crippen molar-refractivity contribution in [3.63, 3.8) is 0 Å². The number of rotatable bonds is 4. The van der Waals surface area contributed by atoms with Gasteiger partial charge in [-0.05, 0) is 18.7 Å². The van der Waals surface area contributed by atoms with E-state index >= 15 is 0 Å². The van der Waals surface area contributed by atoms with E-state index in [9.17, 15) is 0 Å². The SMILES string of the molecule is CCNc1cc(Sc2ncco2)nc(N)n1. The summed E-state index contributed by atoms with van der Waals surface area (Å²) in [7, 11) is 0. The second kappa shape index (κ2) is 4.84. The molecule has 84 valence electrons. The molecule has 6 nitrogen and oxygen atoms in total.